The lowest BCUT2D eigenvalue weighted by molar-refractivity contribution is -0.123. The topological polar surface area (TPSA) is 104 Å². The molecular weight excluding hydrogens is 498 g/mol. The van der Waals surface area contributed by atoms with Gasteiger partial charge in [0.25, 0.3) is 0 Å². The average Bonchev–Trinajstić information content (AvgIpc) is 2.92. The van der Waals surface area contributed by atoms with Crippen molar-refractivity contribution in [2.45, 2.75) is 23.9 Å². The standard InChI is InChI=1S/C30H29N3O4S/c1-38(36,37)28-15-9-8-14-26(28)24-18-16-23(17-19-24)21-31-29(34)27(20-22-10-4-2-5-11-22)33-30(35)32-25-12-6-3-7-13-25/h2-19,27H,20-21H2,1H3,(H,31,34)(H2,32,33,35). The zero-order valence-corrected chi connectivity index (χ0v) is 21.7. The molecule has 0 aromatic heterocycles. The van der Waals surface area contributed by atoms with Crippen molar-refractivity contribution >= 4 is 27.5 Å². The summed E-state index contributed by atoms with van der Waals surface area (Å²) in [5, 5.41) is 8.44. The van der Waals surface area contributed by atoms with Crippen LogP contribution < -0.4 is 16.0 Å². The molecule has 8 heteroatoms. The van der Waals surface area contributed by atoms with E-state index in [0.29, 0.717) is 17.7 Å². The highest BCUT2D eigenvalue weighted by Crippen LogP contribution is 2.27. The van der Waals surface area contributed by atoms with Crippen molar-refractivity contribution in [3.05, 3.63) is 120 Å². The Balaban J connectivity index is 1.43. The highest BCUT2D eigenvalue weighted by molar-refractivity contribution is 7.90. The van der Waals surface area contributed by atoms with E-state index in [4.69, 9.17) is 0 Å². The minimum Gasteiger partial charge on any atom is -0.350 e. The summed E-state index contributed by atoms with van der Waals surface area (Å²) < 4.78 is 24.3. The Morgan fingerprint density at radius 2 is 1.34 bits per heavy atom. The second-order valence-corrected chi connectivity index (χ2v) is 10.9. The molecule has 0 aliphatic rings. The number of carbonyl (C=O) groups excluding carboxylic acids is 2. The minimum atomic E-state index is -3.38. The van der Waals surface area contributed by atoms with Crippen LogP contribution in [0.25, 0.3) is 11.1 Å². The second kappa shape index (κ2) is 12.2. The first-order valence-electron chi connectivity index (χ1n) is 12.1. The van der Waals surface area contributed by atoms with Gasteiger partial charge >= 0.3 is 6.03 Å². The third-order valence-electron chi connectivity index (χ3n) is 5.95. The molecule has 38 heavy (non-hydrogen) atoms. The quantitative estimate of drug-likeness (QED) is 0.291. The van der Waals surface area contributed by atoms with Gasteiger partial charge in [0.15, 0.2) is 9.84 Å². The van der Waals surface area contributed by atoms with Crippen molar-refractivity contribution < 1.29 is 18.0 Å². The molecule has 4 aromatic carbocycles. The Labute approximate surface area is 222 Å². The predicted octanol–water partition coefficient (Wildman–Crippen LogP) is 4.81. The maximum atomic E-state index is 13.1. The zero-order chi connectivity index (χ0) is 27.0. The van der Waals surface area contributed by atoms with E-state index >= 15 is 0 Å². The molecule has 1 atom stereocenters. The van der Waals surface area contributed by atoms with Crippen molar-refractivity contribution in [3.63, 3.8) is 0 Å². The molecule has 0 aliphatic carbocycles. The van der Waals surface area contributed by atoms with Crippen LogP contribution in [0.1, 0.15) is 11.1 Å². The number of amides is 3. The van der Waals surface area contributed by atoms with Gasteiger partial charge in [-0.1, -0.05) is 91.0 Å². The molecule has 0 bridgehead atoms. The summed E-state index contributed by atoms with van der Waals surface area (Å²) in [4.78, 5) is 26.0. The normalized spacial score (nSPS) is 11.8. The van der Waals surface area contributed by atoms with Crippen molar-refractivity contribution in [1.29, 1.82) is 0 Å². The molecule has 0 radical (unpaired) electrons. The van der Waals surface area contributed by atoms with E-state index in [1.807, 2.05) is 72.8 Å². The maximum absolute atomic E-state index is 13.1. The first-order chi connectivity index (χ1) is 18.3. The fourth-order valence-corrected chi connectivity index (χ4v) is 4.96. The zero-order valence-electron chi connectivity index (χ0n) is 20.9. The third kappa shape index (κ3) is 7.30. The largest absolute Gasteiger partial charge is 0.350 e. The molecule has 0 fully saturated rings. The third-order valence-corrected chi connectivity index (χ3v) is 7.11. The van der Waals surface area contributed by atoms with Crippen LogP contribution in [0.3, 0.4) is 0 Å². The molecule has 0 saturated heterocycles. The summed E-state index contributed by atoms with van der Waals surface area (Å²) in [6.45, 7) is 0.250. The van der Waals surface area contributed by atoms with E-state index in [-0.39, 0.29) is 17.3 Å². The van der Waals surface area contributed by atoms with Crippen molar-refractivity contribution in [1.82, 2.24) is 10.6 Å². The number of hydrogen-bond acceptors (Lipinski definition) is 4. The molecule has 3 N–H and O–H groups in total. The summed E-state index contributed by atoms with van der Waals surface area (Å²) in [7, 11) is -3.38. The molecular formula is C30H29N3O4S. The summed E-state index contributed by atoms with van der Waals surface area (Å²) in [5.41, 5.74) is 3.78. The Bertz CT molecular complexity index is 1490. The molecule has 0 aliphatic heterocycles. The van der Waals surface area contributed by atoms with E-state index in [9.17, 15) is 18.0 Å². The van der Waals surface area contributed by atoms with Crippen LogP contribution >= 0.6 is 0 Å². The molecule has 0 heterocycles. The number of hydrogen-bond donors (Lipinski definition) is 3. The molecule has 0 spiro atoms. The fraction of sp³-hybridized carbons (Fsp3) is 0.133. The molecule has 3 amide bonds. The van der Waals surface area contributed by atoms with Gasteiger partial charge in [-0.2, -0.15) is 0 Å². The monoisotopic (exact) mass is 527 g/mol. The summed E-state index contributed by atoms with van der Waals surface area (Å²) in [6, 6.07) is 31.4. The van der Waals surface area contributed by atoms with Crippen LogP contribution in [0.15, 0.2) is 114 Å². The van der Waals surface area contributed by atoms with Crippen LogP contribution in [0, 0.1) is 0 Å². The minimum absolute atomic E-state index is 0.250. The van der Waals surface area contributed by atoms with Crippen LogP contribution in [-0.2, 0) is 27.6 Å². The smallest absolute Gasteiger partial charge is 0.319 e. The van der Waals surface area contributed by atoms with Gasteiger partial charge in [-0.3, -0.25) is 4.79 Å². The van der Waals surface area contributed by atoms with E-state index in [2.05, 4.69) is 16.0 Å². The van der Waals surface area contributed by atoms with E-state index in [1.54, 1.807) is 36.4 Å². The van der Waals surface area contributed by atoms with Gasteiger partial charge in [0.05, 0.1) is 4.90 Å². The highest BCUT2D eigenvalue weighted by Gasteiger charge is 2.21. The van der Waals surface area contributed by atoms with Gasteiger partial charge < -0.3 is 16.0 Å². The molecule has 4 rings (SSSR count). The van der Waals surface area contributed by atoms with Gasteiger partial charge in [0.2, 0.25) is 5.91 Å². The maximum Gasteiger partial charge on any atom is 0.319 e. The van der Waals surface area contributed by atoms with Gasteiger partial charge in [-0.15, -0.1) is 0 Å². The van der Waals surface area contributed by atoms with E-state index in [1.165, 1.54) is 6.26 Å². The van der Waals surface area contributed by atoms with Gasteiger partial charge in [0, 0.05) is 30.5 Å². The Hall–Kier alpha value is -4.43. The summed E-state index contributed by atoms with van der Waals surface area (Å²) >= 11 is 0. The first kappa shape index (κ1) is 26.6. The predicted molar refractivity (Wildman–Crippen MR) is 149 cm³/mol. The van der Waals surface area contributed by atoms with Crippen molar-refractivity contribution in [2.75, 3.05) is 11.6 Å². The highest BCUT2D eigenvalue weighted by atomic mass is 32.2. The molecule has 1 unspecified atom stereocenters. The summed E-state index contributed by atoms with van der Waals surface area (Å²) in [5.74, 6) is -0.316. The summed E-state index contributed by atoms with van der Waals surface area (Å²) in [6.07, 6.45) is 1.52. The van der Waals surface area contributed by atoms with Gasteiger partial charge in [0.1, 0.15) is 6.04 Å². The number of anilines is 1. The fourth-order valence-electron chi connectivity index (χ4n) is 4.05. The Kier molecular flexibility index (Phi) is 8.55. The van der Waals surface area contributed by atoms with Crippen LogP contribution in [-0.4, -0.2) is 32.7 Å². The van der Waals surface area contributed by atoms with Gasteiger partial charge in [-0.25, -0.2) is 13.2 Å². The number of nitrogens with one attached hydrogen (secondary N) is 3. The van der Waals surface area contributed by atoms with Crippen molar-refractivity contribution in [2.24, 2.45) is 0 Å². The van der Waals surface area contributed by atoms with Crippen LogP contribution in [0.5, 0.6) is 0 Å². The number of benzene rings is 4. The molecule has 0 saturated carbocycles. The lowest BCUT2D eigenvalue weighted by Gasteiger charge is -2.19. The number of sulfone groups is 1. The Morgan fingerprint density at radius 1 is 0.737 bits per heavy atom. The molecule has 4 aromatic rings. The number of urea groups is 1. The average molecular weight is 528 g/mol. The lowest BCUT2D eigenvalue weighted by atomic mass is 10.0. The second-order valence-electron chi connectivity index (χ2n) is 8.89. The van der Waals surface area contributed by atoms with Crippen molar-refractivity contribution in [3.8, 4) is 11.1 Å². The van der Waals surface area contributed by atoms with E-state index < -0.39 is 21.9 Å². The molecule has 7 nitrogen and oxygen atoms in total. The van der Waals surface area contributed by atoms with Crippen LogP contribution in [0.2, 0.25) is 0 Å². The molecule has 194 valence electrons. The number of rotatable bonds is 9. The van der Waals surface area contributed by atoms with E-state index in [0.717, 1.165) is 16.7 Å². The number of carbonyl (C=O) groups is 2. The van der Waals surface area contributed by atoms with Gasteiger partial charge in [-0.05, 0) is 34.9 Å². The SMILES string of the molecule is CS(=O)(=O)c1ccccc1-c1ccc(CNC(=O)C(Cc2ccccc2)NC(=O)Nc2ccccc2)cc1. The first-order valence-corrected chi connectivity index (χ1v) is 14.0. The number of para-hydroxylation sites is 1. The van der Waals surface area contributed by atoms with Crippen LogP contribution in [0.4, 0.5) is 10.5 Å². The lowest BCUT2D eigenvalue weighted by Crippen LogP contribution is -2.49. The Morgan fingerprint density at radius 3 is 2.00 bits per heavy atom.